The number of benzene rings is 1. The molecule has 1 heterocycles. The Hall–Kier alpha value is -2.30. The highest BCUT2D eigenvalue weighted by Gasteiger charge is 2.41. The van der Waals surface area contributed by atoms with Crippen LogP contribution in [0.4, 0.5) is 0 Å². The molecule has 1 aliphatic heterocycles. The second-order valence-electron chi connectivity index (χ2n) is 10.6. The van der Waals surface area contributed by atoms with Gasteiger partial charge in [-0.15, -0.1) is 0 Å². The number of aryl methyl sites for hydroxylation is 1. The van der Waals surface area contributed by atoms with Crippen LogP contribution in [-0.4, -0.2) is 36.0 Å². The topological polar surface area (TPSA) is 51.1 Å². The van der Waals surface area contributed by atoms with Crippen molar-refractivity contribution in [3.8, 4) is 5.75 Å². The molecule has 1 aromatic rings. The van der Waals surface area contributed by atoms with Crippen molar-refractivity contribution >= 4 is 18.0 Å². The first-order valence-electron chi connectivity index (χ1n) is 13.3. The number of amides is 1. The molecule has 0 bridgehead atoms. The van der Waals surface area contributed by atoms with E-state index in [9.17, 15) is 4.79 Å². The number of aliphatic imine (C=N–C) groups is 1. The minimum absolute atomic E-state index is 0.0649. The summed E-state index contributed by atoms with van der Waals surface area (Å²) in [5, 5.41) is 0. The molecule has 34 heavy (non-hydrogen) atoms. The summed E-state index contributed by atoms with van der Waals surface area (Å²) in [7, 11) is 1.68. The van der Waals surface area contributed by atoms with Gasteiger partial charge in [-0.2, -0.15) is 0 Å². The number of hydrogen-bond acceptors (Lipinski definition) is 4. The number of rotatable bonds is 6. The SMILES string of the molecule is COc1cc(/C=C2/OC(=NC(C)C3CCCCC3)N(C(C)C3CCCCC3)C2=O)cc(C)c1C. The third-order valence-electron chi connectivity index (χ3n) is 8.38. The molecule has 1 aromatic carbocycles. The normalized spacial score (nSPS) is 24.5. The Labute approximate surface area is 205 Å². The molecule has 1 saturated heterocycles. The van der Waals surface area contributed by atoms with Crippen LogP contribution in [0, 0.1) is 25.7 Å². The number of carbonyl (C=O) groups excluding carboxylic acids is 1. The Morgan fingerprint density at radius 3 is 2.24 bits per heavy atom. The monoisotopic (exact) mass is 466 g/mol. The van der Waals surface area contributed by atoms with E-state index >= 15 is 0 Å². The summed E-state index contributed by atoms with van der Waals surface area (Å²) in [5.74, 6) is 2.19. The van der Waals surface area contributed by atoms with Crippen LogP contribution in [0.1, 0.15) is 94.7 Å². The van der Waals surface area contributed by atoms with Crippen molar-refractivity contribution in [2.24, 2.45) is 16.8 Å². The van der Waals surface area contributed by atoms with E-state index in [4.69, 9.17) is 14.5 Å². The summed E-state index contributed by atoms with van der Waals surface area (Å²) in [5.41, 5.74) is 3.15. The molecule has 3 aliphatic rings. The fourth-order valence-corrected chi connectivity index (χ4v) is 5.96. The average molecular weight is 467 g/mol. The summed E-state index contributed by atoms with van der Waals surface area (Å²) < 4.78 is 11.8. The van der Waals surface area contributed by atoms with Crippen LogP contribution in [0.15, 0.2) is 22.9 Å². The lowest BCUT2D eigenvalue weighted by molar-refractivity contribution is -0.125. The molecule has 2 atom stereocenters. The maximum atomic E-state index is 13.7. The third-order valence-corrected chi connectivity index (χ3v) is 8.38. The molecular weight excluding hydrogens is 424 g/mol. The molecule has 0 N–H and O–H groups in total. The zero-order valence-corrected chi connectivity index (χ0v) is 21.7. The van der Waals surface area contributed by atoms with E-state index < -0.39 is 0 Å². The highest BCUT2D eigenvalue weighted by molar-refractivity contribution is 6.11. The fourth-order valence-electron chi connectivity index (χ4n) is 5.96. The lowest BCUT2D eigenvalue weighted by atomic mass is 9.84. The molecule has 0 aromatic heterocycles. The molecule has 2 unspecified atom stereocenters. The standard InChI is InChI=1S/C29H42N2O3/c1-19-16-23(17-26(33-5)20(19)2)18-27-28(32)31(22(4)25-14-10-7-11-15-25)29(34-27)30-21(3)24-12-8-6-9-13-24/h16-18,21-22,24-25H,6-15H2,1-5H3/b27-18+,30-29?. The Morgan fingerprint density at radius 1 is 1.00 bits per heavy atom. The summed E-state index contributed by atoms with van der Waals surface area (Å²) in [6, 6.07) is 4.80. The number of hydrogen-bond donors (Lipinski definition) is 0. The fraction of sp³-hybridized carbons (Fsp3) is 0.655. The van der Waals surface area contributed by atoms with Gasteiger partial charge in [-0.25, -0.2) is 4.99 Å². The molecule has 4 rings (SSSR count). The van der Waals surface area contributed by atoms with E-state index in [1.54, 1.807) is 7.11 Å². The number of methoxy groups -OCH3 is 1. The van der Waals surface area contributed by atoms with E-state index in [2.05, 4.69) is 26.8 Å². The maximum absolute atomic E-state index is 13.7. The van der Waals surface area contributed by atoms with Gasteiger partial charge < -0.3 is 9.47 Å². The first-order valence-corrected chi connectivity index (χ1v) is 13.3. The largest absolute Gasteiger partial charge is 0.496 e. The maximum Gasteiger partial charge on any atom is 0.300 e. The van der Waals surface area contributed by atoms with E-state index in [0.717, 1.165) is 22.4 Å². The third kappa shape index (κ3) is 5.34. The zero-order chi connectivity index (χ0) is 24.2. The second-order valence-corrected chi connectivity index (χ2v) is 10.6. The molecule has 5 nitrogen and oxygen atoms in total. The molecule has 186 valence electrons. The van der Waals surface area contributed by atoms with Gasteiger partial charge in [-0.1, -0.05) is 44.6 Å². The lowest BCUT2D eigenvalue weighted by Gasteiger charge is -2.33. The summed E-state index contributed by atoms with van der Waals surface area (Å²) in [4.78, 5) is 20.6. The van der Waals surface area contributed by atoms with Gasteiger partial charge in [0.2, 0.25) is 0 Å². The van der Waals surface area contributed by atoms with Gasteiger partial charge >= 0.3 is 6.02 Å². The van der Waals surface area contributed by atoms with Crippen LogP contribution in [-0.2, 0) is 9.53 Å². The average Bonchev–Trinajstić information content (AvgIpc) is 3.15. The zero-order valence-electron chi connectivity index (χ0n) is 21.7. The van der Waals surface area contributed by atoms with Crippen molar-refractivity contribution in [3.63, 3.8) is 0 Å². The summed E-state index contributed by atoms with van der Waals surface area (Å²) in [6.07, 6.45) is 14.3. The van der Waals surface area contributed by atoms with Gasteiger partial charge in [-0.3, -0.25) is 9.69 Å². The van der Waals surface area contributed by atoms with Gasteiger partial charge in [0.15, 0.2) is 5.76 Å². The van der Waals surface area contributed by atoms with Crippen LogP contribution in [0.3, 0.4) is 0 Å². The molecule has 3 fully saturated rings. The van der Waals surface area contributed by atoms with E-state index in [1.807, 2.05) is 24.0 Å². The second kappa shape index (κ2) is 11.0. The first-order chi connectivity index (χ1) is 16.4. The highest BCUT2D eigenvalue weighted by Crippen LogP contribution is 2.34. The van der Waals surface area contributed by atoms with Gasteiger partial charge in [0.1, 0.15) is 5.75 Å². The van der Waals surface area contributed by atoms with E-state index in [1.165, 1.54) is 64.2 Å². The molecule has 0 spiro atoms. The Kier molecular flexibility index (Phi) is 8.00. The number of nitrogens with zero attached hydrogens (tertiary/aromatic N) is 2. The number of amidine groups is 1. The van der Waals surface area contributed by atoms with E-state index in [0.29, 0.717) is 23.6 Å². The van der Waals surface area contributed by atoms with Crippen molar-refractivity contribution in [1.29, 1.82) is 0 Å². The summed E-state index contributed by atoms with van der Waals surface area (Å²) >= 11 is 0. The highest BCUT2D eigenvalue weighted by atomic mass is 16.5. The van der Waals surface area contributed by atoms with Gasteiger partial charge in [0.25, 0.3) is 5.91 Å². The first kappa shape index (κ1) is 24.8. The smallest absolute Gasteiger partial charge is 0.300 e. The number of carbonyl (C=O) groups is 1. The molecule has 0 radical (unpaired) electrons. The predicted octanol–water partition coefficient (Wildman–Crippen LogP) is 6.81. The van der Waals surface area contributed by atoms with Crippen LogP contribution in [0.25, 0.3) is 6.08 Å². The van der Waals surface area contributed by atoms with Crippen LogP contribution < -0.4 is 4.74 Å². The van der Waals surface area contributed by atoms with Crippen molar-refractivity contribution in [2.75, 3.05) is 7.11 Å². The molecule has 2 saturated carbocycles. The van der Waals surface area contributed by atoms with Crippen LogP contribution in [0.2, 0.25) is 0 Å². The van der Waals surface area contributed by atoms with Gasteiger partial charge in [-0.05, 0) is 94.0 Å². The van der Waals surface area contributed by atoms with Gasteiger partial charge in [0.05, 0.1) is 13.2 Å². The Morgan fingerprint density at radius 2 is 1.62 bits per heavy atom. The van der Waals surface area contributed by atoms with Crippen molar-refractivity contribution in [3.05, 3.63) is 34.6 Å². The Balaban J connectivity index is 1.65. The predicted molar refractivity (Wildman–Crippen MR) is 138 cm³/mol. The molecule has 2 aliphatic carbocycles. The van der Waals surface area contributed by atoms with E-state index in [-0.39, 0.29) is 18.0 Å². The van der Waals surface area contributed by atoms with Crippen molar-refractivity contribution in [1.82, 2.24) is 4.90 Å². The van der Waals surface area contributed by atoms with Crippen LogP contribution in [0.5, 0.6) is 5.75 Å². The minimum Gasteiger partial charge on any atom is -0.496 e. The quantitative estimate of drug-likeness (QED) is 0.433. The van der Waals surface area contributed by atoms with Crippen molar-refractivity contribution < 1.29 is 14.3 Å². The number of ether oxygens (including phenoxy) is 2. The van der Waals surface area contributed by atoms with Crippen molar-refractivity contribution in [2.45, 2.75) is 104 Å². The Bertz CT molecular complexity index is 939. The van der Waals surface area contributed by atoms with Crippen LogP contribution >= 0.6 is 0 Å². The molecule has 5 heteroatoms. The molecular formula is C29H42N2O3. The molecule has 1 amide bonds. The lowest BCUT2D eigenvalue weighted by Crippen LogP contribution is -2.43. The summed E-state index contributed by atoms with van der Waals surface area (Å²) in [6.45, 7) is 8.48. The minimum atomic E-state index is -0.0649. The van der Waals surface area contributed by atoms with Gasteiger partial charge in [0, 0.05) is 6.04 Å².